The van der Waals surface area contributed by atoms with Crippen molar-refractivity contribution >= 4 is 15.9 Å². The summed E-state index contributed by atoms with van der Waals surface area (Å²) in [6.07, 6.45) is 1.20. The van der Waals surface area contributed by atoms with E-state index in [0.29, 0.717) is 17.5 Å². The Bertz CT molecular complexity index is 403. The van der Waals surface area contributed by atoms with Gasteiger partial charge in [0.1, 0.15) is 0 Å². The van der Waals surface area contributed by atoms with Crippen LogP contribution in [0.15, 0.2) is 28.7 Å². The summed E-state index contributed by atoms with van der Waals surface area (Å²) >= 11 is 3.54. The molecule has 1 aliphatic heterocycles. The summed E-state index contributed by atoms with van der Waals surface area (Å²) in [7, 11) is 0. The minimum absolute atomic E-state index is 0.318. The molecular weight excluding hydrogens is 288 g/mol. The van der Waals surface area contributed by atoms with Gasteiger partial charge in [0, 0.05) is 23.1 Å². The van der Waals surface area contributed by atoms with Gasteiger partial charge in [-0.15, -0.1) is 0 Å². The Morgan fingerprint density at radius 1 is 1.44 bits per heavy atom. The monoisotopic (exact) mass is 310 g/mol. The number of benzene rings is 1. The lowest BCUT2D eigenvalue weighted by Crippen LogP contribution is -2.53. The van der Waals surface area contributed by atoms with E-state index in [0.717, 1.165) is 17.6 Å². The molecule has 1 heterocycles. The topological polar surface area (TPSA) is 24.1 Å². The van der Waals surface area contributed by atoms with Gasteiger partial charge >= 0.3 is 0 Å². The highest BCUT2D eigenvalue weighted by atomic mass is 79.9. The molecule has 0 aromatic heterocycles. The molecule has 0 spiro atoms. The van der Waals surface area contributed by atoms with Crippen LogP contribution in [-0.2, 0) is 0 Å². The summed E-state index contributed by atoms with van der Waals surface area (Å²) in [5.74, 6) is 0. The van der Waals surface area contributed by atoms with Gasteiger partial charge in [-0.2, -0.15) is 0 Å². The molecule has 2 N–H and O–H groups in total. The van der Waals surface area contributed by atoms with Gasteiger partial charge in [0.15, 0.2) is 0 Å². The summed E-state index contributed by atoms with van der Waals surface area (Å²) in [6.45, 7) is 9.14. The molecule has 1 aliphatic rings. The largest absolute Gasteiger partial charge is 0.316 e. The average molecular weight is 311 g/mol. The molecule has 0 aliphatic carbocycles. The lowest BCUT2D eigenvalue weighted by molar-refractivity contribution is 0.174. The molecule has 0 saturated carbocycles. The van der Waals surface area contributed by atoms with Crippen molar-refractivity contribution < 1.29 is 0 Å². The van der Waals surface area contributed by atoms with Crippen molar-refractivity contribution in [3.05, 3.63) is 34.3 Å². The van der Waals surface area contributed by atoms with Crippen LogP contribution in [0.1, 0.15) is 38.8 Å². The van der Waals surface area contributed by atoms with Gasteiger partial charge < -0.3 is 10.6 Å². The molecule has 3 heteroatoms. The van der Waals surface area contributed by atoms with Crippen LogP contribution in [0.4, 0.5) is 0 Å². The molecule has 2 nitrogen and oxygen atoms in total. The van der Waals surface area contributed by atoms with E-state index in [1.165, 1.54) is 12.0 Å². The zero-order valence-corrected chi connectivity index (χ0v) is 13.0. The van der Waals surface area contributed by atoms with Crippen molar-refractivity contribution in [2.24, 2.45) is 5.41 Å². The molecule has 1 aromatic rings. The van der Waals surface area contributed by atoms with E-state index in [4.69, 9.17) is 0 Å². The van der Waals surface area contributed by atoms with Crippen LogP contribution in [0, 0.1) is 5.41 Å². The highest BCUT2D eigenvalue weighted by Gasteiger charge is 2.32. The molecule has 2 rings (SSSR count). The quantitative estimate of drug-likeness (QED) is 0.893. The number of nitrogens with one attached hydrogen (secondary N) is 2. The Hall–Kier alpha value is -0.380. The smallest absolute Gasteiger partial charge is 0.0294 e. The number of hydrogen-bond donors (Lipinski definition) is 2. The molecule has 0 radical (unpaired) electrons. The molecule has 0 amide bonds. The lowest BCUT2D eigenvalue weighted by Gasteiger charge is -2.41. The van der Waals surface area contributed by atoms with Gasteiger partial charge in [-0.05, 0) is 43.0 Å². The molecule has 18 heavy (non-hydrogen) atoms. The van der Waals surface area contributed by atoms with Crippen LogP contribution in [-0.4, -0.2) is 19.1 Å². The molecule has 1 fully saturated rings. The Morgan fingerprint density at radius 3 is 2.89 bits per heavy atom. The summed E-state index contributed by atoms with van der Waals surface area (Å²) in [4.78, 5) is 0. The summed E-state index contributed by atoms with van der Waals surface area (Å²) in [6, 6.07) is 9.54. The second-order valence-electron chi connectivity index (χ2n) is 5.95. The zero-order chi connectivity index (χ0) is 13.2. The predicted molar refractivity (Wildman–Crippen MR) is 80.7 cm³/mol. The molecular formula is C15H23BrN2. The van der Waals surface area contributed by atoms with Crippen LogP contribution in [0.2, 0.25) is 0 Å². The van der Waals surface area contributed by atoms with Gasteiger partial charge in [-0.25, -0.2) is 0 Å². The Kier molecular flexibility index (Phi) is 4.46. The van der Waals surface area contributed by atoms with E-state index in [-0.39, 0.29) is 0 Å². The summed E-state index contributed by atoms with van der Waals surface area (Å²) in [5, 5.41) is 7.27. The standard InChI is InChI=1S/C15H23BrN2/c1-11(12-5-4-6-13(16)9-12)18-14-7-8-17-10-15(14,2)3/h4-6,9,11,14,17-18H,7-8,10H2,1-3H3/t11-,14?/m0/s1. The van der Waals surface area contributed by atoms with Crippen molar-refractivity contribution in [1.82, 2.24) is 10.6 Å². The van der Waals surface area contributed by atoms with E-state index in [1.807, 2.05) is 0 Å². The van der Waals surface area contributed by atoms with Crippen molar-refractivity contribution in [2.45, 2.75) is 39.3 Å². The van der Waals surface area contributed by atoms with Crippen LogP contribution < -0.4 is 10.6 Å². The maximum atomic E-state index is 3.79. The van der Waals surface area contributed by atoms with Gasteiger partial charge in [-0.1, -0.05) is 41.9 Å². The summed E-state index contributed by atoms with van der Waals surface area (Å²) < 4.78 is 1.15. The Balaban J connectivity index is 2.04. The highest BCUT2D eigenvalue weighted by molar-refractivity contribution is 9.10. The molecule has 0 bridgehead atoms. The fraction of sp³-hybridized carbons (Fsp3) is 0.600. The van der Waals surface area contributed by atoms with Crippen molar-refractivity contribution in [2.75, 3.05) is 13.1 Å². The molecule has 2 atom stereocenters. The number of hydrogen-bond acceptors (Lipinski definition) is 2. The van der Waals surface area contributed by atoms with Crippen molar-refractivity contribution in [3.63, 3.8) is 0 Å². The number of halogens is 1. The fourth-order valence-corrected chi connectivity index (χ4v) is 3.07. The van der Waals surface area contributed by atoms with Crippen LogP contribution in [0.5, 0.6) is 0 Å². The van der Waals surface area contributed by atoms with E-state index in [1.54, 1.807) is 0 Å². The van der Waals surface area contributed by atoms with E-state index in [9.17, 15) is 0 Å². The van der Waals surface area contributed by atoms with E-state index < -0.39 is 0 Å². The molecule has 100 valence electrons. The van der Waals surface area contributed by atoms with Crippen LogP contribution in [0.3, 0.4) is 0 Å². The van der Waals surface area contributed by atoms with Gasteiger partial charge in [0.05, 0.1) is 0 Å². The Morgan fingerprint density at radius 2 is 2.22 bits per heavy atom. The predicted octanol–water partition coefficient (Wildman–Crippen LogP) is 3.49. The first-order valence-corrected chi connectivity index (χ1v) is 7.50. The van der Waals surface area contributed by atoms with E-state index in [2.05, 4.69) is 71.6 Å². The second kappa shape index (κ2) is 5.72. The normalized spacial score (nSPS) is 24.8. The highest BCUT2D eigenvalue weighted by Crippen LogP contribution is 2.28. The minimum atomic E-state index is 0.318. The zero-order valence-electron chi connectivity index (χ0n) is 11.5. The summed E-state index contributed by atoms with van der Waals surface area (Å²) in [5.41, 5.74) is 1.66. The first-order chi connectivity index (χ1) is 8.49. The number of piperidine rings is 1. The minimum Gasteiger partial charge on any atom is -0.316 e. The average Bonchev–Trinajstić information content (AvgIpc) is 2.31. The third-order valence-electron chi connectivity index (χ3n) is 3.93. The van der Waals surface area contributed by atoms with Crippen molar-refractivity contribution in [1.29, 1.82) is 0 Å². The fourth-order valence-electron chi connectivity index (χ4n) is 2.65. The maximum Gasteiger partial charge on any atom is 0.0294 e. The SMILES string of the molecule is C[C@H](NC1CCNCC1(C)C)c1cccc(Br)c1. The van der Waals surface area contributed by atoms with Crippen LogP contribution in [0.25, 0.3) is 0 Å². The van der Waals surface area contributed by atoms with Gasteiger partial charge in [-0.3, -0.25) is 0 Å². The first-order valence-electron chi connectivity index (χ1n) is 6.71. The molecule has 1 aromatic carbocycles. The van der Waals surface area contributed by atoms with E-state index >= 15 is 0 Å². The van der Waals surface area contributed by atoms with Crippen molar-refractivity contribution in [3.8, 4) is 0 Å². The van der Waals surface area contributed by atoms with Crippen LogP contribution >= 0.6 is 15.9 Å². The molecule has 1 unspecified atom stereocenters. The molecule has 1 saturated heterocycles. The third kappa shape index (κ3) is 3.34. The Labute approximate surface area is 119 Å². The lowest BCUT2D eigenvalue weighted by atomic mass is 9.79. The third-order valence-corrected chi connectivity index (χ3v) is 4.43. The maximum absolute atomic E-state index is 3.79. The van der Waals surface area contributed by atoms with Gasteiger partial charge in [0.2, 0.25) is 0 Å². The number of rotatable bonds is 3. The second-order valence-corrected chi connectivity index (χ2v) is 6.87. The first kappa shape index (κ1) is 14.0. The van der Waals surface area contributed by atoms with Gasteiger partial charge in [0.25, 0.3) is 0 Å².